The molecule has 0 radical (unpaired) electrons. The van der Waals surface area contributed by atoms with Gasteiger partial charge >= 0.3 is 0 Å². The van der Waals surface area contributed by atoms with Crippen LogP contribution in [0, 0.1) is 6.92 Å². The zero-order valence-electron chi connectivity index (χ0n) is 17.1. The fourth-order valence-electron chi connectivity index (χ4n) is 4.90. The second kappa shape index (κ2) is 8.24. The van der Waals surface area contributed by atoms with Crippen molar-refractivity contribution in [3.8, 4) is 5.75 Å². The van der Waals surface area contributed by atoms with Crippen molar-refractivity contribution in [3.63, 3.8) is 0 Å². The van der Waals surface area contributed by atoms with Gasteiger partial charge in [0.2, 0.25) is 10.0 Å². The van der Waals surface area contributed by atoms with E-state index in [0.717, 1.165) is 37.7 Å². The van der Waals surface area contributed by atoms with Gasteiger partial charge in [0.25, 0.3) is 5.91 Å². The number of nitrogens with zero attached hydrogens (tertiary/aromatic N) is 1. The first kappa shape index (κ1) is 20.6. The summed E-state index contributed by atoms with van der Waals surface area (Å²) in [6.07, 6.45) is 5.86. The molecule has 2 atom stereocenters. The highest BCUT2D eigenvalue weighted by Gasteiger charge is 2.39. The first-order valence-electron chi connectivity index (χ1n) is 10.4. The predicted molar refractivity (Wildman–Crippen MR) is 110 cm³/mol. The molecule has 1 saturated carbocycles. The molecule has 2 unspecified atom stereocenters. The molecule has 1 saturated heterocycles. The van der Waals surface area contributed by atoms with E-state index in [2.05, 4.69) is 17.7 Å². The number of aryl methyl sites for hydroxylation is 1. The highest BCUT2D eigenvalue weighted by Crippen LogP contribution is 2.39. The minimum Gasteiger partial charge on any atom is -0.483 e. The maximum absolute atomic E-state index is 12.9. The molecule has 1 aromatic carbocycles. The van der Waals surface area contributed by atoms with Crippen molar-refractivity contribution >= 4 is 15.9 Å². The van der Waals surface area contributed by atoms with Gasteiger partial charge in [0.1, 0.15) is 5.75 Å². The highest BCUT2D eigenvalue weighted by molar-refractivity contribution is 7.88. The quantitative estimate of drug-likeness (QED) is 0.787. The van der Waals surface area contributed by atoms with Crippen molar-refractivity contribution in [2.45, 2.75) is 63.1 Å². The minimum absolute atomic E-state index is 0.0473. The van der Waals surface area contributed by atoms with Crippen molar-refractivity contribution in [1.82, 2.24) is 9.62 Å². The molecule has 0 spiro atoms. The van der Waals surface area contributed by atoms with Gasteiger partial charge in [0, 0.05) is 12.6 Å². The molecule has 8 heteroatoms. The number of ether oxygens (including phenoxy) is 2. The van der Waals surface area contributed by atoms with E-state index in [-0.39, 0.29) is 30.7 Å². The van der Waals surface area contributed by atoms with E-state index in [1.165, 1.54) is 11.1 Å². The molecule has 160 valence electrons. The Labute approximate surface area is 172 Å². The first-order valence-corrected chi connectivity index (χ1v) is 12.3. The van der Waals surface area contributed by atoms with Gasteiger partial charge < -0.3 is 14.4 Å². The summed E-state index contributed by atoms with van der Waals surface area (Å²) in [5.74, 6) is 1.07. The van der Waals surface area contributed by atoms with Crippen LogP contribution in [0.2, 0.25) is 0 Å². The number of benzene rings is 1. The summed E-state index contributed by atoms with van der Waals surface area (Å²) in [6, 6.07) is 5.52. The first-order chi connectivity index (χ1) is 13.8. The maximum Gasteiger partial charge on any atom is 0.260 e. The number of sulfonamides is 1. The molecule has 5 rings (SSSR count). The van der Waals surface area contributed by atoms with Crippen LogP contribution >= 0.6 is 0 Å². The van der Waals surface area contributed by atoms with Gasteiger partial charge in [-0.3, -0.25) is 4.79 Å². The lowest BCUT2D eigenvalue weighted by Crippen LogP contribution is -2.50. The summed E-state index contributed by atoms with van der Waals surface area (Å²) < 4.78 is 38.4. The van der Waals surface area contributed by atoms with Crippen LogP contribution in [-0.4, -0.2) is 63.4 Å². The Morgan fingerprint density at radius 2 is 1.90 bits per heavy atom. The van der Waals surface area contributed by atoms with Gasteiger partial charge in [0.05, 0.1) is 25.0 Å². The molecule has 3 heterocycles. The van der Waals surface area contributed by atoms with Gasteiger partial charge in [-0.05, 0) is 56.6 Å². The summed E-state index contributed by atoms with van der Waals surface area (Å²) in [6.45, 7) is 2.87. The van der Waals surface area contributed by atoms with Crippen LogP contribution in [0.25, 0.3) is 0 Å². The molecule has 2 fully saturated rings. The highest BCUT2D eigenvalue weighted by atomic mass is 32.2. The Balaban J connectivity index is 1.60. The second-order valence-corrected chi connectivity index (χ2v) is 10.4. The van der Waals surface area contributed by atoms with Crippen molar-refractivity contribution in [1.29, 1.82) is 0 Å². The fourth-order valence-corrected chi connectivity index (χ4v) is 5.72. The van der Waals surface area contributed by atoms with Gasteiger partial charge in [0.15, 0.2) is 6.61 Å². The third-order valence-corrected chi connectivity index (χ3v) is 7.10. The largest absolute Gasteiger partial charge is 0.483 e. The summed E-state index contributed by atoms with van der Waals surface area (Å²) in [7, 11) is -3.36. The summed E-state index contributed by atoms with van der Waals surface area (Å²) in [5.41, 5.74) is 2.38. The number of fused-ring (bicyclic) bond motifs is 5. The van der Waals surface area contributed by atoms with E-state index in [1.807, 2.05) is 12.1 Å². The Morgan fingerprint density at radius 3 is 2.62 bits per heavy atom. The van der Waals surface area contributed by atoms with Crippen molar-refractivity contribution in [2.24, 2.45) is 0 Å². The number of hydrogen-bond donors (Lipinski definition) is 1. The van der Waals surface area contributed by atoms with E-state index < -0.39 is 10.0 Å². The zero-order chi connectivity index (χ0) is 20.6. The van der Waals surface area contributed by atoms with E-state index >= 15 is 0 Å². The molecule has 1 aromatic rings. The smallest absolute Gasteiger partial charge is 0.260 e. The number of rotatable bonds is 2. The van der Waals surface area contributed by atoms with E-state index in [1.54, 1.807) is 4.90 Å². The van der Waals surface area contributed by atoms with Crippen LogP contribution in [0.4, 0.5) is 0 Å². The summed E-state index contributed by atoms with van der Waals surface area (Å²) in [5, 5.41) is 0. The molecule has 1 N–H and O–H groups in total. The average molecular weight is 423 g/mol. The van der Waals surface area contributed by atoms with Crippen molar-refractivity contribution in [3.05, 3.63) is 29.3 Å². The Kier molecular flexibility index (Phi) is 5.86. The Morgan fingerprint density at radius 1 is 1.14 bits per heavy atom. The van der Waals surface area contributed by atoms with Gasteiger partial charge in [-0.25, -0.2) is 13.1 Å². The molecular weight excluding hydrogens is 392 g/mol. The number of carbonyl (C=O) groups is 1. The number of nitrogens with one attached hydrogen (secondary N) is 1. The van der Waals surface area contributed by atoms with Crippen LogP contribution in [0.3, 0.4) is 0 Å². The zero-order valence-corrected chi connectivity index (χ0v) is 17.9. The number of amides is 1. The molecule has 1 aliphatic carbocycles. The van der Waals surface area contributed by atoms with Crippen molar-refractivity contribution in [2.75, 3.05) is 26.0 Å². The maximum atomic E-state index is 12.9. The molecule has 29 heavy (non-hydrogen) atoms. The number of hydrogen-bond acceptors (Lipinski definition) is 5. The Hall–Kier alpha value is -1.64. The van der Waals surface area contributed by atoms with Gasteiger partial charge in [-0.1, -0.05) is 17.7 Å². The molecule has 3 aliphatic heterocycles. The Bertz CT molecular complexity index is 864. The molecule has 7 nitrogen and oxygen atoms in total. The van der Waals surface area contributed by atoms with Crippen molar-refractivity contribution < 1.29 is 22.7 Å². The van der Waals surface area contributed by atoms with Crippen LogP contribution < -0.4 is 9.46 Å². The van der Waals surface area contributed by atoms with E-state index in [4.69, 9.17) is 9.47 Å². The van der Waals surface area contributed by atoms with E-state index in [0.29, 0.717) is 25.5 Å². The molecule has 4 aliphatic rings. The topological polar surface area (TPSA) is 84.9 Å². The summed E-state index contributed by atoms with van der Waals surface area (Å²) >= 11 is 0. The van der Waals surface area contributed by atoms with Crippen LogP contribution in [0.15, 0.2) is 18.2 Å². The third kappa shape index (κ3) is 4.75. The van der Waals surface area contributed by atoms with Gasteiger partial charge in [-0.15, -0.1) is 0 Å². The number of carbonyl (C=O) groups excluding carboxylic acids is 1. The lowest BCUT2D eigenvalue weighted by atomic mass is 9.82. The monoisotopic (exact) mass is 422 g/mol. The second-order valence-electron chi connectivity index (χ2n) is 8.58. The van der Waals surface area contributed by atoms with Crippen LogP contribution in [0.1, 0.15) is 49.1 Å². The van der Waals surface area contributed by atoms with E-state index in [9.17, 15) is 13.2 Å². The molecule has 2 bridgehead atoms. The van der Waals surface area contributed by atoms with Gasteiger partial charge in [-0.2, -0.15) is 0 Å². The normalized spacial score (nSPS) is 30.6. The predicted octanol–water partition coefficient (Wildman–Crippen LogP) is 1.95. The molecule has 0 aromatic heterocycles. The standard InChI is InChI=1S/C21H30N2O5S/c1-14-3-8-20-17(11-14)15-4-6-16(7-5-15)27-12-19-18(22-29(2,25)26)9-10-23(19)21(24)13-28-20/h3,8,11,15-16,18-19,22H,4-7,9-10,12-13H2,1-2H3/t15-,16+,18?,19?. The lowest BCUT2D eigenvalue weighted by molar-refractivity contribution is -0.136. The van der Waals surface area contributed by atoms with Crippen LogP contribution in [-0.2, 0) is 19.6 Å². The average Bonchev–Trinajstić information content (AvgIpc) is 3.06. The molecule has 1 amide bonds. The lowest BCUT2D eigenvalue weighted by Gasteiger charge is -2.32. The minimum atomic E-state index is -3.36. The molecular formula is C21H30N2O5S. The third-order valence-electron chi connectivity index (χ3n) is 6.36. The SMILES string of the molecule is Cc1ccc2c(c1)[C@H]1CC[C@H](CC1)OCC1C(NS(C)(=O)=O)CCN1C(=O)CO2. The summed E-state index contributed by atoms with van der Waals surface area (Å²) in [4.78, 5) is 14.7. The fraction of sp³-hybridized carbons (Fsp3) is 0.667. The van der Waals surface area contributed by atoms with Crippen LogP contribution in [0.5, 0.6) is 5.75 Å².